The van der Waals surface area contributed by atoms with Crippen molar-refractivity contribution in [3.8, 4) is 0 Å². The average molecular weight is 260 g/mol. The summed E-state index contributed by atoms with van der Waals surface area (Å²) < 4.78 is 0. The Labute approximate surface area is 113 Å². The van der Waals surface area contributed by atoms with Crippen LogP contribution in [-0.2, 0) is 0 Å². The van der Waals surface area contributed by atoms with Gasteiger partial charge in [-0.05, 0) is 32.9 Å². The molecule has 19 heavy (non-hydrogen) atoms. The van der Waals surface area contributed by atoms with Crippen LogP contribution in [-0.4, -0.2) is 42.8 Å². The number of nitrogens with one attached hydrogen (secondary N) is 1. The van der Waals surface area contributed by atoms with Gasteiger partial charge < -0.3 is 10.2 Å². The number of amides is 1. The maximum atomic E-state index is 12.5. The number of likely N-dealkylation sites (tertiary alicyclic amines) is 1. The number of likely N-dealkylation sites (N-methyl/N-ethyl adjacent to an activating group) is 1. The second-order valence-electron chi connectivity index (χ2n) is 4.98. The molecule has 0 aliphatic carbocycles. The number of Topliss-reactive ketones (excluding diaryl/α,β-unsaturated/α-hetero) is 1. The van der Waals surface area contributed by atoms with Crippen LogP contribution in [0.3, 0.4) is 0 Å². The highest BCUT2D eigenvalue weighted by Crippen LogP contribution is 2.17. The smallest absolute Gasteiger partial charge is 0.254 e. The van der Waals surface area contributed by atoms with Gasteiger partial charge in [-0.25, -0.2) is 0 Å². The Balaban J connectivity index is 2.22. The molecule has 0 spiro atoms. The molecule has 1 heterocycles. The minimum absolute atomic E-state index is 0.0363. The van der Waals surface area contributed by atoms with Crippen LogP contribution in [0.15, 0.2) is 24.3 Å². The third kappa shape index (κ3) is 3.01. The van der Waals surface area contributed by atoms with E-state index in [-0.39, 0.29) is 11.7 Å². The number of piperidine rings is 1. The lowest BCUT2D eigenvalue weighted by atomic mass is 10.0. The van der Waals surface area contributed by atoms with Gasteiger partial charge in [-0.1, -0.05) is 18.2 Å². The largest absolute Gasteiger partial charge is 0.337 e. The molecule has 4 nitrogen and oxygen atoms in total. The summed E-state index contributed by atoms with van der Waals surface area (Å²) in [6, 6.07) is 7.40. The first kappa shape index (κ1) is 13.7. The Morgan fingerprint density at radius 1 is 1.26 bits per heavy atom. The standard InChI is InChI=1S/C15H20N2O2/c1-11(18)13-7-3-4-8-14(13)15(19)17-9-5-6-12(10-17)16-2/h3-4,7-8,12,16H,5-6,9-10H2,1-2H3. The van der Waals surface area contributed by atoms with Crippen LogP contribution in [0, 0.1) is 0 Å². The highest BCUT2D eigenvalue weighted by Gasteiger charge is 2.25. The normalized spacial score (nSPS) is 19.3. The highest BCUT2D eigenvalue weighted by atomic mass is 16.2. The van der Waals surface area contributed by atoms with Crippen LogP contribution < -0.4 is 5.32 Å². The summed E-state index contributed by atoms with van der Waals surface area (Å²) in [5.41, 5.74) is 1.03. The van der Waals surface area contributed by atoms with E-state index in [4.69, 9.17) is 0 Å². The van der Waals surface area contributed by atoms with E-state index >= 15 is 0 Å². The molecule has 1 atom stereocenters. The summed E-state index contributed by atoms with van der Waals surface area (Å²) in [7, 11) is 1.92. The molecule has 0 saturated carbocycles. The lowest BCUT2D eigenvalue weighted by Crippen LogP contribution is -2.47. The Morgan fingerprint density at radius 2 is 1.95 bits per heavy atom. The number of ketones is 1. The van der Waals surface area contributed by atoms with Crippen LogP contribution in [0.1, 0.15) is 40.5 Å². The van der Waals surface area contributed by atoms with Gasteiger partial charge in [-0.15, -0.1) is 0 Å². The minimum Gasteiger partial charge on any atom is -0.337 e. The zero-order chi connectivity index (χ0) is 13.8. The lowest BCUT2D eigenvalue weighted by Gasteiger charge is -2.33. The molecule has 102 valence electrons. The molecule has 1 aliphatic rings. The number of nitrogens with zero attached hydrogens (tertiary/aromatic N) is 1. The summed E-state index contributed by atoms with van der Waals surface area (Å²) in [5, 5.41) is 3.22. The van der Waals surface area contributed by atoms with Gasteiger partial charge in [0, 0.05) is 24.7 Å². The molecule has 1 fully saturated rings. The van der Waals surface area contributed by atoms with Crippen LogP contribution in [0.4, 0.5) is 0 Å². The van der Waals surface area contributed by atoms with Gasteiger partial charge in [0.1, 0.15) is 0 Å². The monoisotopic (exact) mass is 260 g/mol. The predicted molar refractivity (Wildman–Crippen MR) is 74.4 cm³/mol. The molecule has 1 aromatic rings. The molecule has 1 amide bonds. The fourth-order valence-electron chi connectivity index (χ4n) is 2.54. The van der Waals surface area contributed by atoms with Gasteiger partial charge in [0.05, 0.1) is 5.56 Å². The van der Waals surface area contributed by atoms with Crippen molar-refractivity contribution in [3.05, 3.63) is 35.4 Å². The fourth-order valence-corrected chi connectivity index (χ4v) is 2.54. The van der Waals surface area contributed by atoms with Gasteiger partial charge in [0.15, 0.2) is 5.78 Å². The van der Waals surface area contributed by atoms with Crippen LogP contribution in [0.2, 0.25) is 0 Å². The first-order valence-corrected chi connectivity index (χ1v) is 6.70. The third-order valence-electron chi connectivity index (χ3n) is 3.65. The number of hydrogen-bond donors (Lipinski definition) is 1. The lowest BCUT2D eigenvalue weighted by molar-refractivity contribution is 0.0694. The summed E-state index contributed by atoms with van der Waals surface area (Å²) in [6.45, 7) is 2.98. The Bertz CT molecular complexity index is 485. The van der Waals surface area contributed by atoms with Crippen molar-refractivity contribution in [3.63, 3.8) is 0 Å². The number of rotatable bonds is 3. The summed E-state index contributed by atoms with van der Waals surface area (Å²) in [5.74, 6) is -0.100. The van der Waals surface area contributed by atoms with Crippen molar-refractivity contribution in [2.24, 2.45) is 0 Å². The van der Waals surface area contributed by atoms with Crippen LogP contribution in [0.25, 0.3) is 0 Å². The quantitative estimate of drug-likeness (QED) is 0.842. The number of carbonyl (C=O) groups excluding carboxylic acids is 2. The van der Waals surface area contributed by atoms with Gasteiger partial charge >= 0.3 is 0 Å². The molecule has 0 bridgehead atoms. The summed E-state index contributed by atoms with van der Waals surface area (Å²) in [6.07, 6.45) is 2.09. The molecule has 1 aliphatic heterocycles. The van der Waals surface area contributed by atoms with E-state index in [1.54, 1.807) is 24.3 Å². The fraction of sp³-hybridized carbons (Fsp3) is 0.467. The Morgan fingerprint density at radius 3 is 2.58 bits per heavy atom. The maximum Gasteiger partial charge on any atom is 0.254 e. The van der Waals surface area contributed by atoms with Crippen molar-refractivity contribution in [1.82, 2.24) is 10.2 Å². The maximum absolute atomic E-state index is 12.5. The predicted octanol–water partition coefficient (Wildman–Crippen LogP) is 1.71. The Hall–Kier alpha value is -1.68. The number of benzene rings is 1. The molecule has 0 aromatic heterocycles. The van der Waals surface area contributed by atoms with Gasteiger partial charge in [-0.3, -0.25) is 9.59 Å². The van der Waals surface area contributed by atoms with E-state index in [9.17, 15) is 9.59 Å². The molecule has 1 unspecified atom stereocenters. The average Bonchev–Trinajstić information content (AvgIpc) is 2.46. The number of carbonyl (C=O) groups is 2. The summed E-state index contributed by atoms with van der Waals surface area (Å²) in [4.78, 5) is 26.0. The first-order valence-electron chi connectivity index (χ1n) is 6.70. The van der Waals surface area contributed by atoms with Crippen molar-refractivity contribution in [2.75, 3.05) is 20.1 Å². The molecule has 4 heteroatoms. The molecule has 1 N–H and O–H groups in total. The molecule has 2 rings (SSSR count). The van der Waals surface area contributed by atoms with E-state index in [1.807, 2.05) is 11.9 Å². The first-order chi connectivity index (χ1) is 9.13. The second kappa shape index (κ2) is 5.97. The molecular formula is C15H20N2O2. The van der Waals surface area contributed by atoms with Crippen molar-refractivity contribution in [1.29, 1.82) is 0 Å². The Kier molecular flexibility index (Phi) is 4.32. The van der Waals surface area contributed by atoms with E-state index in [0.717, 1.165) is 19.4 Å². The molecular weight excluding hydrogens is 240 g/mol. The van der Waals surface area contributed by atoms with E-state index in [2.05, 4.69) is 5.32 Å². The third-order valence-corrected chi connectivity index (χ3v) is 3.65. The topological polar surface area (TPSA) is 49.4 Å². The minimum atomic E-state index is -0.0638. The molecule has 1 aromatic carbocycles. The SMILES string of the molecule is CNC1CCCN(C(=O)c2ccccc2C(C)=O)C1. The van der Waals surface area contributed by atoms with Gasteiger partial charge in [0.2, 0.25) is 0 Å². The van der Waals surface area contributed by atoms with E-state index in [0.29, 0.717) is 23.7 Å². The van der Waals surface area contributed by atoms with E-state index < -0.39 is 0 Å². The van der Waals surface area contributed by atoms with Crippen molar-refractivity contribution >= 4 is 11.7 Å². The highest BCUT2D eigenvalue weighted by molar-refractivity contribution is 6.07. The van der Waals surface area contributed by atoms with E-state index in [1.165, 1.54) is 6.92 Å². The second-order valence-corrected chi connectivity index (χ2v) is 4.98. The van der Waals surface area contributed by atoms with Crippen molar-refractivity contribution < 1.29 is 9.59 Å². The van der Waals surface area contributed by atoms with Crippen LogP contribution in [0.5, 0.6) is 0 Å². The van der Waals surface area contributed by atoms with Crippen LogP contribution >= 0.6 is 0 Å². The molecule has 0 radical (unpaired) electrons. The summed E-state index contributed by atoms with van der Waals surface area (Å²) >= 11 is 0. The van der Waals surface area contributed by atoms with Crippen molar-refractivity contribution in [2.45, 2.75) is 25.8 Å². The zero-order valence-electron chi connectivity index (χ0n) is 11.5. The van der Waals surface area contributed by atoms with Gasteiger partial charge in [-0.2, -0.15) is 0 Å². The number of hydrogen-bond acceptors (Lipinski definition) is 3. The molecule has 1 saturated heterocycles. The van der Waals surface area contributed by atoms with Gasteiger partial charge in [0.25, 0.3) is 5.91 Å². The zero-order valence-corrected chi connectivity index (χ0v) is 11.5.